The van der Waals surface area contributed by atoms with Gasteiger partial charge in [-0.1, -0.05) is 38.0 Å². The van der Waals surface area contributed by atoms with E-state index in [-0.39, 0.29) is 0 Å². The Morgan fingerprint density at radius 2 is 1.82 bits per heavy atom. The highest BCUT2D eigenvalue weighted by Crippen LogP contribution is 2.22. The van der Waals surface area contributed by atoms with Crippen molar-refractivity contribution in [2.45, 2.75) is 39.0 Å². The van der Waals surface area contributed by atoms with Crippen molar-refractivity contribution in [3.05, 3.63) is 42.1 Å². The summed E-state index contributed by atoms with van der Waals surface area (Å²) < 4.78 is 0. The monoisotopic (exact) mass is 296 g/mol. The highest BCUT2D eigenvalue weighted by molar-refractivity contribution is 5.59. The van der Waals surface area contributed by atoms with Crippen LogP contribution in [0.3, 0.4) is 0 Å². The summed E-state index contributed by atoms with van der Waals surface area (Å²) in [5, 5.41) is 3.37. The van der Waals surface area contributed by atoms with Crippen molar-refractivity contribution >= 4 is 17.5 Å². The maximum absolute atomic E-state index is 4.71. The van der Waals surface area contributed by atoms with Gasteiger partial charge < -0.3 is 10.2 Å². The molecule has 1 saturated heterocycles. The predicted octanol–water partition coefficient (Wildman–Crippen LogP) is 4.16. The first-order valence-electron chi connectivity index (χ1n) is 8.30. The van der Waals surface area contributed by atoms with Crippen LogP contribution in [0.2, 0.25) is 0 Å². The molecule has 0 saturated carbocycles. The Kier molecular flexibility index (Phi) is 4.88. The van der Waals surface area contributed by atoms with Gasteiger partial charge in [0, 0.05) is 25.0 Å². The molecule has 1 aromatic heterocycles. The van der Waals surface area contributed by atoms with Gasteiger partial charge in [-0.15, -0.1) is 0 Å². The second kappa shape index (κ2) is 7.25. The van der Waals surface area contributed by atoms with Crippen LogP contribution in [0, 0.1) is 0 Å². The molecular weight excluding hydrogens is 272 g/mol. The molecule has 0 aliphatic carbocycles. The standard InChI is InChI=1S/C18H24N4/c1-2-15-9-5-6-10-16(15)20-18-19-12-11-17(21-18)22-13-7-3-4-8-14-22/h5-6,9-12H,2-4,7-8,13-14H2,1H3,(H,19,20,21). The van der Waals surface area contributed by atoms with Crippen LogP contribution in [0.25, 0.3) is 0 Å². The molecule has 4 heteroatoms. The highest BCUT2D eigenvalue weighted by Gasteiger charge is 2.12. The van der Waals surface area contributed by atoms with Crippen LogP contribution >= 0.6 is 0 Å². The molecule has 1 aromatic carbocycles. The number of hydrogen-bond donors (Lipinski definition) is 1. The average molecular weight is 296 g/mol. The number of benzene rings is 1. The molecule has 22 heavy (non-hydrogen) atoms. The summed E-state index contributed by atoms with van der Waals surface area (Å²) in [7, 11) is 0. The van der Waals surface area contributed by atoms with Crippen LogP contribution in [0.4, 0.5) is 17.5 Å². The first-order valence-corrected chi connectivity index (χ1v) is 8.30. The number of hydrogen-bond acceptors (Lipinski definition) is 4. The Morgan fingerprint density at radius 1 is 1.05 bits per heavy atom. The Morgan fingerprint density at radius 3 is 2.59 bits per heavy atom. The van der Waals surface area contributed by atoms with E-state index in [9.17, 15) is 0 Å². The van der Waals surface area contributed by atoms with E-state index in [1.165, 1.54) is 31.2 Å². The Labute approximate surface area is 132 Å². The third kappa shape index (κ3) is 3.56. The molecule has 1 aliphatic heterocycles. The Balaban J connectivity index is 1.78. The smallest absolute Gasteiger partial charge is 0.229 e. The zero-order valence-corrected chi connectivity index (χ0v) is 13.3. The van der Waals surface area contributed by atoms with Crippen molar-refractivity contribution < 1.29 is 0 Å². The van der Waals surface area contributed by atoms with Crippen LogP contribution in [-0.4, -0.2) is 23.1 Å². The fourth-order valence-corrected chi connectivity index (χ4v) is 2.96. The van der Waals surface area contributed by atoms with E-state index >= 15 is 0 Å². The molecule has 0 atom stereocenters. The number of rotatable bonds is 4. The van der Waals surface area contributed by atoms with Gasteiger partial charge in [-0.3, -0.25) is 0 Å². The van der Waals surface area contributed by atoms with Gasteiger partial charge in [0.1, 0.15) is 5.82 Å². The van der Waals surface area contributed by atoms with E-state index in [0.29, 0.717) is 5.95 Å². The quantitative estimate of drug-likeness (QED) is 0.919. The van der Waals surface area contributed by atoms with E-state index in [1.54, 1.807) is 0 Å². The van der Waals surface area contributed by atoms with E-state index in [2.05, 4.69) is 40.3 Å². The zero-order chi connectivity index (χ0) is 15.2. The van der Waals surface area contributed by atoms with Gasteiger partial charge in [-0.05, 0) is 37.0 Å². The van der Waals surface area contributed by atoms with Gasteiger partial charge in [0.05, 0.1) is 0 Å². The molecule has 1 aliphatic rings. The molecular formula is C18H24N4. The minimum Gasteiger partial charge on any atom is -0.356 e. The largest absolute Gasteiger partial charge is 0.356 e. The van der Waals surface area contributed by atoms with E-state index in [1.807, 2.05) is 18.3 Å². The van der Waals surface area contributed by atoms with Crippen LogP contribution < -0.4 is 10.2 Å². The Hall–Kier alpha value is -2.10. The van der Waals surface area contributed by atoms with Gasteiger partial charge in [-0.2, -0.15) is 4.98 Å². The van der Waals surface area contributed by atoms with Crippen LogP contribution in [-0.2, 0) is 6.42 Å². The molecule has 3 rings (SSSR count). The number of aryl methyl sites for hydroxylation is 1. The molecule has 1 fully saturated rings. The summed E-state index contributed by atoms with van der Waals surface area (Å²) in [5.74, 6) is 1.72. The fraction of sp³-hybridized carbons (Fsp3) is 0.444. The van der Waals surface area contributed by atoms with Crippen molar-refractivity contribution in [2.75, 3.05) is 23.3 Å². The maximum atomic E-state index is 4.71. The average Bonchev–Trinajstić information content (AvgIpc) is 2.85. The molecule has 116 valence electrons. The van der Waals surface area contributed by atoms with Crippen molar-refractivity contribution in [1.29, 1.82) is 0 Å². The molecule has 0 unspecified atom stereocenters. The lowest BCUT2D eigenvalue weighted by molar-refractivity contribution is 0.726. The maximum Gasteiger partial charge on any atom is 0.229 e. The molecule has 0 amide bonds. The van der Waals surface area contributed by atoms with Crippen molar-refractivity contribution in [3.8, 4) is 0 Å². The minimum atomic E-state index is 0.683. The van der Waals surface area contributed by atoms with Gasteiger partial charge in [-0.25, -0.2) is 4.98 Å². The fourth-order valence-electron chi connectivity index (χ4n) is 2.96. The molecule has 0 spiro atoms. The van der Waals surface area contributed by atoms with E-state index in [0.717, 1.165) is 31.0 Å². The number of aromatic nitrogens is 2. The first-order chi connectivity index (χ1) is 10.9. The third-order valence-corrected chi connectivity index (χ3v) is 4.22. The van der Waals surface area contributed by atoms with Crippen LogP contribution in [0.1, 0.15) is 38.2 Å². The summed E-state index contributed by atoms with van der Waals surface area (Å²) in [4.78, 5) is 11.5. The number of anilines is 3. The molecule has 0 radical (unpaired) electrons. The summed E-state index contributed by atoms with van der Waals surface area (Å²) in [6, 6.07) is 10.3. The molecule has 0 bridgehead atoms. The number of para-hydroxylation sites is 1. The van der Waals surface area contributed by atoms with Crippen molar-refractivity contribution in [2.24, 2.45) is 0 Å². The summed E-state index contributed by atoms with van der Waals surface area (Å²) in [6.07, 6.45) is 8.02. The molecule has 4 nitrogen and oxygen atoms in total. The first kappa shape index (κ1) is 14.8. The van der Waals surface area contributed by atoms with Crippen LogP contribution in [0.5, 0.6) is 0 Å². The third-order valence-electron chi connectivity index (χ3n) is 4.22. The lowest BCUT2D eigenvalue weighted by atomic mass is 10.1. The lowest BCUT2D eigenvalue weighted by Crippen LogP contribution is -2.25. The Bertz CT molecular complexity index is 604. The second-order valence-electron chi connectivity index (χ2n) is 5.78. The van der Waals surface area contributed by atoms with Gasteiger partial charge in [0.25, 0.3) is 0 Å². The summed E-state index contributed by atoms with van der Waals surface area (Å²) in [6.45, 7) is 4.36. The molecule has 1 N–H and O–H groups in total. The number of nitrogens with zero attached hydrogens (tertiary/aromatic N) is 3. The SMILES string of the molecule is CCc1ccccc1Nc1nccc(N2CCCCCC2)n1. The highest BCUT2D eigenvalue weighted by atomic mass is 15.2. The normalized spacial score (nSPS) is 15.4. The van der Waals surface area contributed by atoms with E-state index in [4.69, 9.17) is 4.98 Å². The van der Waals surface area contributed by atoms with Crippen LogP contribution in [0.15, 0.2) is 36.5 Å². The van der Waals surface area contributed by atoms with Gasteiger partial charge >= 0.3 is 0 Å². The molecule has 2 heterocycles. The second-order valence-corrected chi connectivity index (χ2v) is 5.78. The molecule has 2 aromatic rings. The zero-order valence-electron chi connectivity index (χ0n) is 13.3. The summed E-state index contributed by atoms with van der Waals surface area (Å²) in [5.41, 5.74) is 2.38. The number of nitrogens with one attached hydrogen (secondary N) is 1. The lowest BCUT2D eigenvalue weighted by Gasteiger charge is -2.21. The van der Waals surface area contributed by atoms with E-state index < -0.39 is 0 Å². The predicted molar refractivity (Wildman–Crippen MR) is 91.8 cm³/mol. The summed E-state index contributed by atoms with van der Waals surface area (Å²) >= 11 is 0. The minimum absolute atomic E-state index is 0.683. The van der Waals surface area contributed by atoms with Gasteiger partial charge in [0.2, 0.25) is 5.95 Å². The topological polar surface area (TPSA) is 41.1 Å². The van der Waals surface area contributed by atoms with Crippen molar-refractivity contribution in [3.63, 3.8) is 0 Å². The van der Waals surface area contributed by atoms with Crippen molar-refractivity contribution in [1.82, 2.24) is 9.97 Å². The van der Waals surface area contributed by atoms with Gasteiger partial charge in [0.15, 0.2) is 0 Å².